The van der Waals surface area contributed by atoms with Crippen LogP contribution in [0.25, 0.3) is 11.1 Å². The number of carbonyl (C=O) groups excluding carboxylic acids is 1. The number of hydrogen-bond acceptors (Lipinski definition) is 3. The molecule has 0 saturated heterocycles. The first-order chi connectivity index (χ1) is 8.87. The SMILES string of the molecule is CC(C)(C)OC(=O)n1cc(-c2ccccc2)c(I)n1. The average molecular weight is 370 g/mol. The number of halogens is 1. The number of hydrogen-bond donors (Lipinski definition) is 0. The minimum Gasteiger partial charge on any atom is -0.442 e. The summed E-state index contributed by atoms with van der Waals surface area (Å²) in [6, 6.07) is 9.83. The lowest BCUT2D eigenvalue weighted by molar-refractivity contribution is 0.0514. The molecule has 0 aliphatic rings. The van der Waals surface area contributed by atoms with E-state index in [1.165, 1.54) is 4.68 Å². The Morgan fingerprint density at radius 2 is 1.89 bits per heavy atom. The Hall–Kier alpha value is -1.37. The Labute approximate surface area is 125 Å². The van der Waals surface area contributed by atoms with Crippen molar-refractivity contribution in [3.05, 3.63) is 40.2 Å². The summed E-state index contributed by atoms with van der Waals surface area (Å²) in [6.45, 7) is 5.49. The third kappa shape index (κ3) is 3.56. The van der Waals surface area contributed by atoms with Gasteiger partial charge in [-0.1, -0.05) is 30.3 Å². The van der Waals surface area contributed by atoms with Crippen LogP contribution in [0.15, 0.2) is 36.5 Å². The Bertz CT molecular complexity index is 585. The monoisotopic (exact) mass is 370 g/mol. The van der Waals surface area contributed by atoms with Crippen molar-refractivity contribution < 1.29 is 9.53 Å². The van der Waals surface area contributed by atoms with E-state index in [0.717, 1.165) is 14.8 Å². The highest BCUT2D eigenvalue weighted by Crippen LogP contribution is 2.24. The Balaban J connectivity index is 2.29. The summed E-state index contributed by atoms with van der Waals surface area (Å²) in [7, 11) is 0. The van der Waals surface area contributed by atoms with E-state index in [1.807, 2.05) is 51.1 Å². The van der Waals surface area contributed by atoms with Crippen LogP contribution in [-0.2, 0) is 4.74 Å². The number of ether oxygens (including phenoxy) is 1. The van der Waals surface area contributed by atoms with E-state index in [4.69, 9.17) is 4.74 Å². The highest BCUT2D eigenvalue weighted by atomic mass is 127. The maximum Gasteiger partial charge on any atom is 0.435 e. The highest BCUT2D eigenvalue weighted by Gasteiger charge is 2.20. The van der Waals surface area contributed by atoms with Crippen LogP contribution in [0.4, 0.5) is 4.79 Å². The van der Waals surface area contributed by atoms with Gasteiger partial charge in [0.1, 0.15) is 9.30 Å². The molecule has 0 saturated carbocycles. The lowest BCUT2D eigenvalue weighted by Gasteiger charge is -2.18. The molecular weight excluding hydrogens is 355 g/mol. The van der Waals surface area contributed by atoms with Gasteiger partial charge in [-0.05, 0) is 48.9 Å². The zero-order chi connectivity index (χ0) is 14.0. The molecule has 0 aliphatic heterocycles. The van der Waals surface area contributed by atoms with Gasteiger partial charge in [-0.15, -0.1) is 0 Å². The third-order valence-corrected chi connectivity index (χ3v) is 3.13. The summed E-state index contributed by atoms with van der Waals surface area (Å²) < 4.78 is 7.30. The van der Waals surface area contributed by atoms with Crippen molar-refractivity contribution in [2.24, 2.45) is 0 Å². The standard InChI is InChI=1S/C14H15IN2O2/c1-14(2,3)19-13(18)17-9-11(12(15)16-17)10-7-5-4-6-8-10/h4-9H,1-3H3. The van der Waals surface area contributed by atoms with Crippen molar-refractivity contribution in [3.63, 3.8) is 0 Å². The lowest BCUT2D eigenvalue weighted by Crippen LogP contribution is -2.27. The second kappa shape index (κ2) is 5.32. The van der Waals surface area contributed by atoms with E-state index in [-0.39, 0.29) is 0 Å². The number of aromatic nitrogens is 2. The van der Waals surface area contributed by atoms with Gasteiger partial charge in [-0.25, -0.2) is 4.79 Å². The molecule has 1 heterocycles. The molecule has 0 bridgehead atoms. The van der Waals surface area contributed by atoms with Crippen molar-refractivity contribution in [2.45, 2.75) is 26.4 Å². The maximum absolute atomic E-state index is 11.9. The molecule has 0 atom stereocenters. The molecular formula is C14H15IN2O2. The lowest BCUT2D eigenvalue weighted by atomic mass is 10.1. The fourth-order valence-electron chi connectivity index (χ4n) is 1.57. The predicted octanol–water partition coefficient (Wildman–Crippen LogP) is 3.94. The third-order valence-electron chi connectivity index (χ3n) is 2.33. The van der Waals surface area contributed by atoms with Crippen molar-refractivity contribution in [2.75, 3.05) is 0 Å². The largest absolute Gasteiger partial charge is 0.442 e. The van der Waals surface area contributed by atoms with E-state index in [9.17, 15) is 4.79 Å². The summed E-state index contributed by atoms with van der Waals surface area (Å²) in [5, 5.41) is 4.20. The van der Waals surface area contributed by atoms with E-state index in [1.54, 1.807) is 6.20 Å². The van der Waals surface area contributed by atoms with Crippen LogP contribution in [0.5, 0.6) is 0 Å². The van der Waals surface area contributed by atoms with Crippen LogP contribution in [0.1, 0.15) is 20.8 Å². The number of nitrogens with zero attached hydrogens (tertiary/aromatic N) is 2. The normalized spacial score (nSPS) is 11.4. The highest BCUT2D eigenvalue weighted by molar-refractivity contribution is 14.1. The maximum atomic E-state index is 11.9. The smallest absolute Gasteiger partial charge is 0.435 e. The minimum absolute atomic E-state index is 0.465. The van der Waals surface area contributed by atoms with E-state index >= 15 is 0 Å². The summed E-state index contributed by atoms with van der Waals surface area (Å²) in [4.78, 5) is 11.9. The van der Waals surface area contributed by atoms with Gasteiger partial charge in [0.15, 0.2) is 0 Å². The van der Waals surface area contributed by atoms with Crippen molar-refractivity contribution in [1.29, 1.82) is 0 Å². The summed E-state index contributed by atoms with van der Waals surface area (Å²) in [5.41, 5.74) is 1.43. The fraction of sp³-hybridized carbons (Fsp3) is 0.286. The molecule has 2 aromatic rings. The number of carbonyl (C=O) groups is 1. The fourth-order valence-corrected chi connectivity index (χ4v) is 2.25. The Morgan fingerprint density at radius 3 is 2.47 bits per heavy atom. The van der Waals surface area contributed by atoms with E-state index in [0.29, 0.717) is 0 Å². The molecule has 1 aromatic heterocycles. The van der Waals surface area contributed by atoms with Crippen LogP contribution < -0.4 is 0 Å². The zero-order valence-corrected chi connectivity index (χ0v) is 13.2. The molecule has 100 valence electrons. The van der Waals surface area contributed by atoms with Gasteiger partial charge in [0.05, 0.1) is 0 Å². The molecule has 0 spiro atoms. The summed E-state index contributed by atoms with van der Waals surface area (Å²) >= 11 is 2.12. The van der Waals surface area contributed by atoms with E-state index < -0.39 is 11.7 Å². The van der Waals surface area contributed by atoms with Gasteiger partial charge in [-0.3, -0.25) is 0 Å². The van der Waals surface area contributed by atoms with Gasteiger partial charge in [0.25, 0.3) is 0 Å². The van der Waals surface area contributed by atoms with Crippen LogP contribution in [0, 0.1) is 3.70 Å². The van der Waals surface area contributed by atoms with Crippen molar-refractivity contribution >= 4 is 28.7 Å². The zero-order valence-electron chi connectivity index (χ0n) is 11.1. The van der Waals surface area contributed by atoms with Crippen molar-refractivity contribution in [1.82, 2.24) is 9.78 Å². The predicted molar refractivity (Wildman–Crippen MR) is 82.0 cm³/mol. The van der Waals surface area contributed by atoms with Gasteiger partial charge >= 0.3 is 6.09 Å². The molecule has 19 heavy (non-hydrogen) atoms. The quantitative estimate of drug-likeness (QED) is 0.715. The van der Waals surface area contributed by atoms with Crippen molar-refractivity contribution in [3.8, 4) is 11.1 Å². The molecule has 0 unspecified atom stereocenters. The topological polar surface area (TPSA) is 44.1 Å². The van der Waals surface area contributed by atoms with Gasteiger partial charge in [-0.2, -0.15) is 9.78 Å². The first kappa shape index (κ1) is 14.0. The van der Waals surface area contributed by atoms with Crippen LogP contribution >= 0.6 is 22.6 Å². The molecule has 0 radical (unpaired) electrons. The van der Waals surface area contributed by atoms with Crippen LogP contribution in [0.2, 0.25) is 0 Å². The minimum atomic E-state index is -0.526. The molecule has 0 aliphatic carbocycles. The van der Waals surface area contributed by atoms with Gasteiger partial charge in [0.2, 0.25) is 0 Å². The van der Waals surface area contributed by atoms with Gasteiger partial charge in [0, 0.05) is 11.8 Å². The number of rotatable bonds is 1. The van der Waals surface area contributed by atoms with Crippen LogP contribution in [0.3, 0.4) is 0 Å². The number of benzene rings is 1. The molecule has 0 amide bonds. The molecule has 2 rings (SSSR count). The molecule has 4 nitrogen and oxygen atoms in total. The Morgan fingerprint density at radius 1 is 1.26 bits per heavy atom. The summed E-state index contributed by atoms with van der Waals surface area (Å²) in [5.74, 6) is 0. The summed E-state index contributed by atoms with van der Waals surface area (Å²) in [6.07, 6.45) is 1.23. The average Bonchev–Trinajstić information content (AvgIpc) is 2.70. The van der Waals surface area contributed by atoms with Crippen LogP contribution in [-0.4, -0.2) is 21.5 Å². The first-order valence-corrected chi connectivity index (χ1v) is 6.98. The van der Waals surface area contributed by atoms with Gasteiger partial charge < -0.3 is 4.74 Å². The van der Waals surface area contributed by atoms with E-state index in [2.05, 4.69) is 27.7 Å². The molecule has 5 heteroatoms. The molecule has 1 aromatic carbocycles. The molecule has 0 N–H and O–H groups in total. The second-order valence-corrected chi connectivity index (χ2v) is 6.15. The Kier molecular flexibility index (Phi) is 3.93. The second-order valence-electron chi connectivity index (χ2n) is 5.12. The first-order valence-electron chi connectivity index (χ1n) is 5.91. The molecule has 0 fully saturated rings.